The van der Waals surface area contributed by atoms with Crippen molar-refractivity contribution in [3.05, 3.63) is 65.5 Å². The highest BCUT2D eigenvalue weighted by Gasteiger charge is 2.20. The van der Waals surface area contributed by atoms with Gasteiger partial charge in [0.15, 0.2) is 0 Å². The molecule has 3 aromatic rings. The molecule has 0 aliphatic carbocycles. The lowest BCUT2D eigenvalue weighted by molar-refractivity contribution is 0.148. The van der Waals surface area contributed by atoms with E-state index in [1.54, 1.807) is 11.5 Å². The summed E-state index contributed by atoms with van der Waals surface area (Å²) in [6.07, 6.45) is -1.28. The summed E-state index contributed by atoms with van der Waals surface area (Å²) in [5, 5.41) is 10.2. The van der Waals surface area contributed by atoms with Crippen molar-refractivity contribution < 1.29 is 13.9 Å². The van der Waals surface area contributed by atoms with Crippen LogP contribution < -0.4 is 0 Å². The van der Waals surface area contributed by atoms with Gasteiger partial charge in [-0.15, -0.1) is 0 Å². The minimum Gasteiger partial charge on any atom is -0.386 e. The van der Waals surface area contributed by atoms with E-state index in [2.05, 4.69) is 4.98 Å². The maximum absolute atomic E-state index is 13.7. The summed E-state index contributed by atoms with van der Waals surface area (Å²) < 4.78 is 29.2. The molecule has 5 heteroatoms. The Morgan fingerprint density at radius 1 is 1.10 bits per heavy atom. The molecule has 0 amide bonds. The molecule has 3 rings (SSSR count). The average Bonchev–Trinajstić information content (AvgIpc) is 2.75. The van der Waals surface area contributed by atoms with Crippen molar-refractivity contribution in [2.24, 2.45) is 0 Å². The molecule has 0 fully saturated rings. The highest BCUT2D eigenvalue weighted by Crippen LogP contribution is 2.24. The Bertz CT molecular complexity index is 778. The summed E-state index contributed by atoms with van der Waals surface area (Å²) in [4.78, 5) is 4.37. The molecule has 0 saturated heterocycles. The molecule has 0 bridgehead atoms. The summed E-state index contributed by atoms with van der Waals surface area (Å²) in [5.41, 5.74) is 1.30. The molecule has 0 aliphatic heterocycles. The van der Waals surface area contributed by atoms with Crippen LogP contribution in [0.4, 0.5) is 8.78 Å². The van der Waals surface area contributed by atoms with Crippen LogP contribution in [-0.2, 0) is 6.54 Å². The number of aromatic nitrogens is 2. The van der Waals surface area contributed by atoms with Gasteiger partial charge in [0.25, 0.3) is 0 Å². The Morgan fingerprint density at radius 2 is 1.76 bits per heavy atom. The van der Waals surface area contributed by atoms with Gasteiger partial charge in [-0.25, -0.2) is 13.8 Å². The molecule has 1 N–H and O–H groups in total. The lowest BCUT2D eigenvalue weighted by Gasteiger charge is -2.15. The van der Waals surface area contributed by atoms with Gasteiger partial charge < -0.3 is 9.67 Å². The number of hydrogen-bond donors (Lipinski definition) is 1. The number of rotatable bonds is 3. The average molecular weight is 288 g/mol. The topological polar surface area (TPSA) is 38.0 Å². The molecule has 1 aromatic heterocycles. The van der Waals surface area contributed by atoms with Crippen molar-refractivity contribution in [2.45, 2.75) is 19.6 Å². The second kappa shape index (κ2) is 5.26. The first-order valence-corrected chi connectivity index (χ1v) is 6.62. The van der Waals surface area contributed by atoms with Crippen molar-refractivity contribution >= 4 is 11.0 Å². The summed E-state index contributed by atoms with van der Waals surface area (Å²) in [7, 11) is 0. The second-order valence-corrected chi connectivity index (χ2v) is 4.91. The Morgan fingerprint density at radius 3 is 2.48 bits per heavy atom. The largest absolute Gasteiger partial charge is 0.386 e. The third-order valence-electron chi connectivity index (χ3n) is 3.53. The summed E-state index contributed by atoms with van der Waals surface area (Å²) in [5.74, 6) is -0.804. The summed E-state index contributed by atoms with van der Waals surface area (Å²) in [6.45, 7) is 1.84. The van der Waals surface area contributed by atoms with Gasteiger partial charge in [-0.2, -0.15) is 0 Å². The predicted octanol–water partition coefficient (Wildman–Crippen LogP) is 3.36. The molecule has 0 saturated carbocycles. The molecular formula is C16H14F2N2O. The normalized spacial score (nSPS) is 12.8. The molecule has 2 aromatic carbocycles. The molecule has 108 valence electrons. The third-order valence-corrected chi connectivity index (χ3v) is 3.53. The number of imidazole rings is 1. The third kappa shape index (κ3) is 2.40. The number of para-hydroxylation sites is 2. The number of aryl methyl sites for hydroxylation is 1. The van der Waals surface area contributed by atoms with Crippen LogP contribution in [0.1, 0.15) is 17.5 Å². The lowest BCUT2D eigenvalue weighted by atomic mass is 10.1. The number of halogens is 2. The van der Waals surface area contributed by atoms with Gasteiger partial charge in [0.2, 0.25) is 0 Å². The van der Waals surface area contributed by atoms with E-state index in [1.807, 2.05) is 24.3 Å². The second-order valence-electron chi connectivity index (χ2n) is 4.91. The van der Waals surface area contributed by atoms with Crippen molar-refractivity contribution in [3.63, 3.8) is 0 Å². The zero-order chi connectivity index (χ0) is 15.0. The van der Waals surface area contributed by atoms with E-state index >= 15 is 0 Å². The number of nitrogens with zero attached hydrogens (tertiary/aromatic N) is 2. The van der Waals surface area contributed by atoms with Gasteiger partial charge >= 0.3 is 0 Å². The molecular weight excluding hydrogens is 274 g/mol. The fourth-order valence-electron chi connectivity index (χ4n) is 2.52. The smallest absolute Gasteiger partial charge is 0.132 e. The van der Waals surface area contributed by atoms with Gasteiger partial charge in [-0.1, -0.05) is 18.2 Å². The van der Waals surface area contributed by atoms with Gasteiger partial charge in [0.05, 0.1) is 23.1 Å². The van der Waals surface area contributed by atoms with Crippen LogP contribution in [0.2, 0.25) is 0 Å². The van der Waals surface area contributed by atoms with Crippen LogP contribution in [0, 0.1) is 18.6 Å². The lowest BCUT2D eigenvalue weighted by Crippen LogP contribution is -2.13. The number of aliphatic hydroxyl groups excluding tert-OH is 1. The number of benzene rings is 2. The van der Waals surface area contributed by atoms with Crippen LogP contribution >= 0.6 is 0 Å². The first-order chi connectivity index (χ1) is 10.1. The zero-order valence-electron chi connectivity index (χ0n) is 11.4. The van der Waals surface area contributed by atoms with Crippen LogP contribution in [0.15, 0.2) is 42.5 Å². The SMILES string of the molecule is Cc1nc2ccccc2n1CC(O)c1c(F)cccc1F. The van der Waals surface area contributed by atoms with Gasteiger partial charge in [0, 0.05) is 0 Å². The van der Waals surface area contributed by atoms with E-state index in [9.17, 15) is 13.9 Å². The molecule has 0 radical (unpaired) electrons. The fraction of sp³-hybridized carbons (Fsp3) is 0.188. The predicted molar refractivity (Wildman–Crippen MR) is 75.8 cm³/mol. The molecule has 0 aliphatic rings. The van der Waals surface area contributed by atoms with E-state index in [1.165, 1.54) is 6.07 Å². The highest BCUT2D eigenvalue weighted by atomic mass is 19.1. The number of fused-ring (bicyclic) bond motifs is 1. The summed E-state index contributed by atoms with van der Waals surface area (Å²) in [6, 6.07) is 11.0. The van der Waals surface area contributed by atoms with Gasteiger partial charge in [0.1, 0.15) is 23.6 Å². The quantitative estimate of drug-likeness (QED) is 0.802. The van der Waals surface area contributed by atoms with E-state index < -0.39 is 17.7 Å². The molecule has 1 heterocycles. The Balaban J connectivity index is 2.00. The van der Waals surface area contributed by atoms with Crippen molar-refractivity contribution in [1.82, 2.24) is 9.55 Å². The standard InChI is InChI=1S/C16H14F2N2O/c1-10-19-13-7-2-3-8-14(13)20(10)9-15(21)16-11(17)5-4-6-12(16)18/h2-8,15,21H,9H2,1H3. The van der Waals surface area contributed by atoms with Crippen molar-refractivity contribution in [3.8, 4) is 0 Å². The molecule has 1 unspecified atom stereocenters. The fourth-order valence-corrected chi connectivity index (χ4v) is 2.52. The van der Waals surface area contributed by atoms with E-state index in [0.29, 0.717) is 5.82 Å². The first-order valence-electron chi connectivity index (χ1n) is 6.62. The summed E-state index contributed by atoms with van der Waals surface area (Å²) >= 11 is 0. The van der Waals surface area contributed by atoms with Crippen LogP contribution in [0.5, 0.6) is 0 Å². The molecule has 1 atom stereocenters. The number of aliphatic hydroxyl groups is 1. The van der Waals surface area contributed by atoms with E-state index in [4.69, 9.17) is 0 Å². The van der Waals surface area contributed by atoms with Gasteiger partial charge in [-0.05, 0) is 31.2 Å². The Kier molecular flexibility index (Phi) is 3.43. The number of hydrogen-bond acceptors (Lipinski definition) is 2. The van der Waals surface area contributed by atoms with E-state index in [-0.39, 0.29) is 12.1 Å². The van der Waals surface area contributed by atoms with Crippen LogP contribution in [-0.4, -0.2) is 14.7 Å². The van der Waals surface area contributed by atoms with Crippen LogP contribution in [0.25, 0.3) is 11.0 Å². The van der Waals surface area contributed by atoms with Crippen molar-refractivity contribution in [1.29, 1.82) is 0 Å². The monoisotopic (exact) mass is 288 g/mol. The van der Waals surface area contributed by atoms with Gasteiger partial charge in [-0.3, -0.25) is 0 Å². The van der Waals surface area contributed by atoms with Crippen LogP contribution in [0.3, 0.4) is 0 Å². The maximum Gasteiger partial charge on any atom is 0.132 e. The Hall–Kier alpha value is -2.27. The van der Waals surface area contributed by atoms with E-state index in [0.717, 1.165) is 23.2 Å². The minimum absolute atomic E-state index is 0.0458. The zero-order valence-corrected chi connectivity index (χ0v) is 11.4. The molecule has 21 heavy (non-hydrogen) atoms. The minimum atomic E-state index is -1.28. The molecule has 3 nitrogen and oxygen atoms in total. The maximum atomic E-state index is 13.7. The highest BCUT2D eigenvalue weighted by molar-refractivity contribution is 5.75. The molecule has 0 spiro atoms. The van der Waals surface area contributed by atoms with Crippen molar-refractivity contribution in [2.75, 3.05) is 0 Å². The first kappa shape index (κ1) is 13.7. The Labute approximate surface area is 120 Å².